The van der Waals surface area contributed by atoms with Gasteiger partial charge in [0.05, 0.1) is 37.2 Å². The molecule has 4 heterocycles. The van der Waals surface area contributed by atoms with Crippen LogP contribution in [0.1, 0.15) is 5.82 Å². The van der Waals surface area contributed by atoms with E-state index in [1.54, 1.807) is 6.33 Å². The van der Waals surface area contributed by atoms with E-state index in [0.717, 1.165) is 41.2 Å². The number of H-pyrrole nitrogens is 1. The standard InChI is InChI=1S/C19H21N7O2/c1-12-21-14-4-2-3-13(15(14)22-12)16-17-18(26(5-8-27)11-20-17)24-19(23-16)25-6-9-28-10-7-25/h2-4,11,27H,5-10H2,1H3,(H,21,22). The van der Waals surface area contributed by atoms with Crippen molar-refractivity contribution in [3.05, 3.63) is 30.4 Å². The van der Waals surface area contributed by atoms with E-state index >= 15 is 0 Å². The minimum atomic E-state index is 0.0197. The minimum Gasteiger partial charge on any atom is -0.395 e. The Bertz CT molecular complexity index is 1140. The number of aliphatic hydroxyl groups excluding tert-OH is 1. The third kappa shape index (κ3) is 2.79. The van der Waals surface area contributed by atoms with Crippen LogP contribution in [0.25, 0.3) is 33.5 Å². The van der Waals surface area contributed by atoms with Crippen LogP contribution in [0.5, 0.6) is 0 Å². The molecule has 4 aromatic rings. The number of imidazole rings is 2. The Hall–Kier alpha value is -3.04. The Balaban J connectivity index is 1.76. The first-order valence-electron chi connectivity index (χ1n) is 9.37. The highest BCUT2D eigenvalue weighted by atomic mass is 16.5. The SMILES string of the molecule is Cc1nc2c(-c3nc(N4CCOCC4)nc4c3ncn4CCO)cccc2[nH]1. The molecule has 1 aliphatic rings. The Kier molecular flexibility index (Phi) is 4.18. The first-order chi connectivity index (χ1) is 13.7. The molecule has 0 unspecified atom stereocenters. The summed E-state index contributed by atoms with van der Waals surface area (Å²) in [4.78, 5) is 24.3. The van der Waals surface area contributed by atoms with E-state index in [0.29, 0.717) is 36.9 Å². The maximum absolute atomic E-state index is 9.41. The first kappa shape index (κ1) is 17.1. The summed E-state index contributed by atoms with van der Waals surface area (Å²) in [6, 6.07) is 6.01. The molecule has 0 atom stereocenters. The number of rotatable bonds is 4. The maximum Gasteiger partial charge on any atom is 0.228 e. The lowest BCUT2D eigenvalue weighted by Gasteiger charge is -2.27. The summed E-state index contributed by atoms with van der Waals surface area (Å²) in [5.41, 5.74) is 4.91. The molecule has 0 bridgehead atoms. The molecule has 3 aromatic heterocycles. The number of aromatic nitrogens is 6. The lowest BCUT2D eigenvalue weighted by atomic mass is 10.1. The molecule has 5 rings (SSSR count). The highest BCUT2D eigenvalue weighted by Gasteiger charge is 2.21. The average Bonchev–Trinajstić information content (AvgIpc) is 3.30. The van der Waals surface area contributed by atoms with E-state index in [-0.39, 0.29) is 6.61 Å². The normalized spacial score (nSPS) is 15.0. The summed E-state index contributed by atoms with van der Waals surface area (Å²) in [5, 5.41) is 9.41. The monoisotopic (exact) mass is 379 g/mol. The fraction of sp³-hybridized carbons (Fsp3) is 0.368. The number of aliphatic hydroxyl groups is 1. The van der Waals surface area contributed by atoms with Gasteiger partial charge in [-0.25, -0.2) is 15.0 Å². The fourth-order valence-corrected chi connectivity index (χ4v) is 3.64. The van der Waals surface area contributed by atoms with Gasteiger partial charge in [0.2, 0.25) is 5.95 Å². The zero-order chi connectivity index (χ0) is 19.1. The summed E-state index contributed by atoms with van der Waals surface area (Å²) in [7, 11) is 0. The lowest BCUT2D eigenvalue weighted by Crippen LogP contribution is -2.37. The average molecular weight is 379 g/mol. The number of aromatic amines is 1. The minimum absolute atomic E-state index is 0.0197. The number of para-hydroxylation sites is 1. The number of hydrogen-bond donors (Lipinski definition) is 2. The van der Waals surface area contributed by atoms with Crippen molar-refractivity contribution in [3.63, 3.8) is 0 Å². The van der Waals surface area contributed by atoms with Gasteiger partial charge in [0.15, 0.2) is 5.65 Å². The molecule has 0 saturated carbocycles. The van der Waals surface area contributed by atoms with Crippen molar-refractivity contribution in [1.29, 1.82) is 0 Å². The molecule has 0 amide bonds. The van der Waals surface area contributed by atoms with Crippen LogP contribution in [-0.2, 0) is 11.3 Å². The number of fused-ring (bicyclic) bond motifs is 2. The van der Waals surface area contributed by atoms with Gasteiger partial charge in [0.25, 0.3) is 0 Å². The quantitative estimate of drug-likeness (QED) is 0.554. The van der Waals surface area contributed by atoms with E-state index in [4.69, 9.17) is 14.7 Å². The van der Waals surface area contributed by atoms with E-state index in [1.807, 2.05) is 29.7 Å². The summed E-state index contributed by atoms with van der Waals surface area (Å²) in [6.07, 6.45) is 1.71. The molecule has 1 aliphatic heterocycles. The van der Waals surface area contributed by atoms with Crippen molar-refractivity contribution in [2.24, 2.45) is 0 Å². The summed E-state index contributed by atoms with van der Waals surface area (Å²) in [6.45, 7) is 5.18. The van der Waals surface area contributed by atoms with Crippen molar-refractivity contribution in [2.45, 2.75) is 13.5 Å². The van der Waals surface area contributed by atoms with Crippen molar-refractivity contribution >= 4 is 28.1 Å². The van der Waals surface area contributed by atoms with Crippen LogP contribution in [0.15, 0.2) is 24.5 Å². The number of nitrogens with one attached hydrogen (secondary N) is 1. The third-order valence-electron chi connectivity index (χ3n) is 4.97. The number of hydrogen-bond acceptors (Lipinski definition) is 7. The molecular formula is C19H21N7O2. The smallest absolute Gasteiger partial charge is 0.228 e. The second kappa shape index (κ2) is 6.84. The van der Waals surface area contributed by atoms with Crippen LogP contribution in [0.3, 0.4) is 0 Å². The molecule has 28 heavy (non-hydrogen) atoms. The zero-order valence-corrected chi connectivity index (χ0v) is 15.6. The number of nitrogens with zero attached hydrogens (tertiary/aromatic N) is 6. The number of ether oxygens (including phenoxy) is 1. The van der Waals surface area contributed by atoms with Gasteiger partial charge in [-0.3, -0.25) is 0 Å². The van der Waals surface area contributed by atoms with Crippen LogP contribution in [0, 0.1) is 6.92 Å². The van der Waals surface area contributed by atoms with E-state index in [1.165, 1.54) is 0 Å². The molecule has 9 nitrogen and oxygen atoms in total. The predicted molar refractivity (Wildman–Crippen MR) is 105 cm³/mol. The zero-order valence-electron chi connectivity index (χ0n) is 15.6. The topological polar surface area (TPSA) is 105 Å². The molecule has 0 aliphatic carbocycles. The molecule has 0 spiro atoms. The van der Waals surface area contributed by atoms with Gasteiger partial charge in [-0.1, -0.05) is 12.1 Å². The van der Waals surface area contributed by atoms with Crippen LogP contribution < -0.4 is 4.90 Å². The van der Waals surface area contributed by atoms with Gasteiger partial charge >= 0.3 is 0 Å². The Labute approximate surface area is 161 Å². The predicted octanol–water partition coefficient (Wildman–Crippen LogP) is 1.51. The molecule has 144 valence electrons. The molecule has 0 radical (unpaired) electrons. The van der Waals surface area contributed by atoms with E-state index in [2.05, 4.69) is 19.9 Å². The van der Waals surface area contributed by atoms with Crippen molar-refractivity contribution in [3.8, 4) is 11.3 Å². The van der Waals surface area contributed by atoms with Gasteiger partial charge in [-0.15, -0.1) is 0 Å². The Morgan fingerprint density at radius 2 is 2.00 bits per heavy atom. The Morgan fingerprint density at radius 3 is 2.82 bits per heavy atom. The second-order valence-electron chi connectivity index (χ2n) is 6.83. The van der Waals surface area contributed by atoms with Crippen LogP contribution in [-0.4, -0.2) is 67.5 Å². The first-order valence-corrected chi connectivity index (χ1v) is 9.37. The van der Waals surface area contributed by atoms with Crippen LogP contribution in [0.4, 0.5) is 5.95 Å². The number of anilines is 1. The lowest BCUT2D eigenvalue weighted by molar-refractivity contribution is 0.122. The maximum atomic E-state index is 9.41. The Morgan fingerprint density at radius 1 is 1.14 bits per heavy atom. The van der Waals surface area contributed by atoms with Gasteiger partial charge in [0.1, 0.15) is 17.0 Å². The molecule has 9 heteroatoms. The fourth-order valence-electron chi connectivity index (χ4n) is 3.64. The van der Waals surface area contributed by atoms with Gasteiger partial charge in [0, 0.05) is 25.2 Å². The van der Waals surface area contributed by atoms with Gasteiger partial charge < -0.3 is 24.3 Å². The second-order valence-corrected chi connectivity index (χ2v) is 6.83. The number of benzene rings is 1. The summed E-state index contributed by atoms with van der Waals surface area (Å²) < 4.78 is 7.33. The molecular weight excluding hydrogens is 358 g/mol. The van der Waals surface area contributed by atoms with Gasteiger partial charge in [-0.2, -0.15) is 4.98 Å². The summed E-state index contributed by atoms with van der Waals surface area (Å²) in [5.74, 6) is 1.50. The van der Waals surface area contributed by atoms with Crippen molar-refractivity contribution in [2.75, 3.05) is 37.8 Å². The van der Waals surface area contributed by atoms with Crippen molar-refractivity contribution in [1.82, 2.24) is 29.5 Å². The molecule has 2 N–H and O–H groups in total. The van der Waals surface area contributed by atoms with Gasteiger partial charge in [-0.05, 0) is 13.0 Å². The molecule has 1 saturated heterocycles. The number of morpholine rings is 1. The highest BCUT2D eigenvalue weighted by Crippen LogP contribution is 2.32. The molecule has 1 fully saturated rings. The molecule has 1 aromatic carbocycles. The summed E-state index contributed by atoms with van der Waals surface area (Å²) >= 11 is 0. The van der Waals surface area contributed by atoms with Crippen LogP contribution >= 0.6 is 0 Å². The van der Waals surface area contributed by atoms with Crippen molar-refractivity contribution < 1.29 is 9.84 Å². The van der Waals surface area contributed by atoms with E-state index in [9.17, 15) is 5.11 Å². The third-order valence-corrected chi connectivity index (χ3v) is 4.97. The van der Waals surface area contributed by atoms with E-state index < -0.39 is 0 Å². The highest BCUT2D eigenvalue weighted by molar-refractivity contribution is 5.98. The number of aryl methyl sites for hydroxylation is 1. The van der Waals surface area contributed by atoms with Crippen LogP contribution in [0.2, 0.25) is 0 Å². The largest absolute Gasteiger partial charge is 0.395 e.